The number of rotatable bonds is 4. The van der Waals surface area contributed by atoms with Gasteiger partial charge in [0.15, 0.2) is 5.75 Å². The molecular weight excluding hydrogens is 312 g/mol. The maximum atomic E-state index is 10.8. The molecule has 24 heavy (non-hydrogen) atoms. The van der Waals surface area contributed by atoms with Crippen molar-refractivity contribution in [1.29, 1.82) is 0 Å². The summed E-state index contributed by atoms with van der Waals surface area (Å²) in [5.41, 5.74) is 3.06. The quantitative estimate of drug-likeness (QED) is 0.385. The van der Waals surface area contributed by atoms with Crippen molar-refractivity contribution >= 4 is 28.6 Å². The van der Waals surface area contributed by atoms with Gasteiger partial charge in [0.25, 0.3) is 0 Å². The Morgan fingerprint density at radius 1 is 1.12 bits per heavy atom. The van der Waals surface area contributed by atoms with Gasteiger partial charge in [0.2, 0.25) is 0 Å². The zero-order chi connectivity index (χ0) is 17.1. The van der Waals surface area contributed by atoms with Crippen LogP contribution < -0.4 is 5.43 Å². The van der Waals surface area contributed by atoms with Crippen LogP contribution in [0.1, 0.15) is 5.56 Å². The van der Waals surface area contributed by atoms with Crippen LogP contribution in [-0.2, 0) is 0 Å². The third-order valence-corrected chi connectivity index (χ3v) is 3.30. The highest BCUT2D eigenvalue weighted by Crippen LogP contribution is 2.32. The van der Waals surface area contributed by atoms with Crippen LogP contribution in [0.4, 0.5) is 11.5 Å². The number of phenols is 2. The normalized spacial score (nSPS) is 11.0. The topological polar surface area (TPSA) is 121 Å². The average molecular weight is 324 g/mol. The molecule has 3 N–H and O–H groups in total. The van der Waals surface area contributed by atoms with Gasteiger partial charge in [0.05, 0.1) is 16.7 Å². The Labute approximate surface area is 135 Å². The molecule has 1 heterocycles. The molecule has 3 rings (SSSR count). The van der Waals surface area contributed by atoms with Crippen LogP contribution in [0.2, 0.25) is 0 Å². The van der Waals surface area contributed by atoms with Gasteiger partial charge in [0.1, 0.15) is 11.6 Å². The number of nitrogens with one attached hydrogen (secondary N) is 1. The highest BCUT2D eigenvalue weighted by molar-refractivity contribution is 5.86. The number of aromatic hydroxyl groups is 2. The van der Waals surface area contributed by atoms with E-state index in [4.69, 9.17) is 0 Å². The highest BCUT2D eigenvalue weighted by atomic mass is 16.6. The lowest BCUT2D eigenvalue weighted by atomic mass is 10.2. The average Bonchev–Trinajstić information content (AvgIpc) is 2.56. The molecule has 8 heteroatoms. The maximum absolute atomic E-state index is 10.8. The predicted molar refractivity (Wildman–Crippen MR) is 89.4 cm³/mol. The Morgan fingerprint density at radius 3 is 2.71 bits per heavy atom. The van der Waals surface area contributed by atoms with Crippen LogP contribution >= 0.6 is 0 Å². The number of benzene rings is 2. The Bertz CT molecular complexity index is 956. The van der Waals surface area contributed by atoms with Gasteiger partial charge in [-0.05, 0) is 18.2 Å². The van der Waals surface area contributed by atoms with Crippen LogP contribution in [0.5, 0.6) is 11.5 Å². The smallest absolute Gasteiger partial charge is 0.311 e. The summed E-state index contributed by atoms with van der Waals surface area (Å²) in [5, 5.41) is 34.8. The number of hydrogen-bond donors (Lipinski definition) is 3. The first-order valence-electron chi connectivity index (χ1n) is 6.90. The first kappa shape index (κ1) is 15.2. The van der Waals surface area contributed by atoms with E-state index in [0.29, 0.717) is 5.82 Å². The van der Waals surface area contributed by atoms with E-state index in [0.717, 1.165) is 23.0 Å². The third kappa shape index (κ3) is 3.07. The number of fused-ring (bicyclic) bond motifs is 1. The minimum absolute atomic E-state index is 0.0905. The second-order valence-corrected chi connectivity index (χ2v) is 4.92. The molecule has 2 aromatic carbocycles. The molecule has 1 aromatic heterocycles. The van der Waals surface area contributed by atoms with Gasteiger partial charge in [0, 0.05) is 23.1 Å². The molecule has 0 bridgehead atoms. The van der Waals surface area contributed by atoms with Gasteiger partial charge in [-0.3, -0.25) is 15.5 Å². The number of nitrogens with zero attached hydrogens (tertiary/aromatic N) is 3. The van der Waals surface area contributed by atoms with Gasteiger partial charge in [-0.2, -0.15) is 5.10 Å². The van der Waals surface area contributed by atoms with Crippen molar-refractivity contribution in [2.24, 2.45) is 5.10 Å². The van der Waals surface area contributed by atoms with Crippen molar-refractivity contribution in [3.05, 3.63) is 64.2 Å². The van der Waals surface area contributed by atoms with Crippen LogP contribution in [0.25, 0.3) is 10.9 Å². The number of aromatic nitrogens is 1. The van der Waals surface area contributed by atoms with Gasteiger partial charge < -0.3 is 10.2 Å². The SMILES string of the molecule is O=[N+]([O-])c1cc(/C=N/Nc2ccc3ccccc3n2)c(O)cc1O. The number of pyridine rings is 1. The first-order valence-corrected chi connectivity index (χ1v) is 6.90. The van der Waals surface area contributed by atoms with Crippen molar-refractivity contribution in [1.82, 2.24) is 4.98 Å². The number of phenolic OH excluding ortho intramolecular Hbond substituents is 2. The van der Waals surface area contributed by atoms with Crippen LogP contribution in [-0.4, -0.2) is 26.3 Å². The fourth-order valence-corrected chi connectivity index (χ4v) is 2.13. The largest absolute Gasteiger partial charge is 0.507 e. The Balaban J connectivity index is 1.82. The third-order valence-electron chi connectivity index (χ3n) is 3.30. The standard InChI is InChI=1S/C16H12N4O4/c21-14-8-15(22)13(20(23)24)7-11(14)9-17-19-16-6-5-10-3-1-2-4-12(10)18-16/h1-9,21-22H,(H,18,19)/b17-9+. The summed E-state index contributed by atoms with van der Waals surface area (Å²) < 4.78 is 0. The zero-order valence-electron chi connectivity index (χ0n) is 12.2. The number of para-hydroxylation sites is 1. The van der Waals surface area contributed by atoms with Crippen molar-refractivity contribution in [3.8, 4) is 11.5 Å². The molecule has 0 fully saturated rings. The number of nitro benzene ring substituents is 1. The summed E-state index contributed by atoms with van der Waals surface area (Å²) >= 11 is 0. The molecule has 0 aliphatic heterocycles. The van der Waals surface area contributed by atoms with Crippen LogP contribution in [0.3, 0.4) is 0 Å². The zero-order valence-corrected chi connectivity index (χ0v) is 12.2. The first-order chi connectivity index (χ1) is 11.5. The molecule has 0 aliphatic carbocycles. The monoisotopic (exact) mass is 324 g/mol. The number of hydrogen-bond acceptors (Lipinski definition) is 7. The molecule has 120 valence electrons. The molecule has 0 atom stereocenters. The lowest BCUT2D eigenvalue weighted by Crippen LogP contribution is -1.95. The van der Waals surface area contributed by atoms with Crippen LogP contribution in [0.15, 0.2) is 53.6 Å². The molecule has 0 saturated heterocycles. The lowest BCUT2D eigenvalue weighted by molar-refractivity contribution is -0.385. The van der Waals surface area contributed by atoms with Gasteiger partial charge in [-0.1, -0.05) is 18.2 Å². The fourth-order valence-electron chi connectivity index (χ4n) is 2.13. The molecule has 0 aliphatic rings. The van der Waals surface area contributed by atoms with Crippen LogP contribution in [0, 0.1) is 10.1 Å². The number of nitro groups is 1. The van der Waals surface area contributed by atoms with Crippen molar-refractivity contribution in [2.45, 2.75) is 0 Å². The van der Waals surface area contributed by atoms with Crippen molar-refractivity contribution < 1.29 is 15.1 Å². The molecule has 0 saturated carbocycles. The molecule has 0 amide bonds. The summed E-state index contributed by atoms with van der Waals surface area (Å²) in [4.78, 5) is 14.4. The minimum Gasteiger partial charge on any atom is -0.507 e. The number of hydrazone groups is 1. The summed E-state index contributed by atoms with van der Waals surface area (Å²) in [6, 6.07) is 13.1. The molecule has 3 aromatic rings. The molecule has 8 nitrogen and oxygen atoms in total. The van der Waals surface area contributed by atoms with E-state index in [1.165, 1.54) is 6.21 Å². The Kier molecular flexibility index (Phi) is 3.94. The van der Waals surface area contributed by atoms with E-state index in [1.807, 2.05) is 30.3 Å². The molecular formula is C16H12N4O4. The minimum atomic E-state index is -0.746. The summed E-state index contributed by atoms with van der Waals surface area (Å²) in [6.45, 7) is 0. The van der Waals surface area contributed by atoms with E-state index in [1.54, 1.807) is 6.07 Å². The fraction of sp³-hybridized carbons (Fsp3) is 0. The Hall–Kier alpha value is -3.68. The molecule has 0 unspecified atom stereocenters. The van der Waals surface area contributed by atoms with E-state index in [2.05, 4.69) is 15.5 Å². The van der Waals surface area contributed by atoms with E-state index >= 15 is 0 Å². The highest BCUT2D eigenvalue weighted by Gasteiger charge is 2.16. The van der Waals surface area contributed by atoms with E-state index < -0.39 is 16.4 Å². The molecule has 0 radical (unpaired) electrons. The maximum Gasteiger partial charge on any atom is 0.311 e. The van der Waals surface area contributed by atoms with Gasteiger partial charge in [-0.15, -0.1) is 0 Å². The second-order valence-electron chi connectivity index (χ2n) is 4.92. The number of anilines is 1. The van der Waals surface area contributed by atoms with Gasteiger partial charge in [-0.25, -0.2) is 4.98 Å². The summed E-state index contributed by atoms with van der Waals surface area (Å²) in [5.74, 6) is -0.452. The molecule has 0 spiro atoms. The predicted octanol–water partition coefficient (Wildman–Crippen LogP) is 3.00. The van der Waals surface area contributed by atoms with Crippen molar-refractivity contribution in [2.75, 3.05) is 5.43 Å². The lowest BCUT2D eigenvalue weighted by Gasteiger charge is -2.03. The summed E-state index contributed by atoms with van der Waals surface area (Å²) in [7, 11) is 0. The van der Waals surface area contributed by atoms with E-state index in [-0.39, 0.29) is 11.3 Å². The second kappa shape index (κ2) is 6.21. The van der Waals surface area contributed by atoms with Gasteiger partial charge >= 0.3 is 5.69 Å². The Morgan fingerprint density at radius 2 is 1.92 bits per heavy atom. The van der Waals surface area contributed by atoms with Crippen molar-refractivity contribution in [3.63, 3.8) is 0 Å². The van der Waals surface area contributed by atoms with E-state index in [9.17, 15) is 20.3 Å². The summed E-state index contributed by atoms with van der Waals surface area (Å²) in [6.07, 6.45) is 1.21.